The van der Waals surface area contributed by atoms with Crippen LogP contribution >= 0.6 is 0 Å². The number of para-hydroxylation sites is 1. The van der Waals surface area contributed by atoms with Crippen LogP contribution in [0.15, 0.2) is 29.3 Å². The molecule has 0 radical (unpaired) electrons. The molecule has 1 aliphatic carbocycles. The van der Waals surface area contributed by atoms with Gasteiger partial charge in [0, 0.05) is 19.5 Å². The van der Waals surface area contributed by atoms with E-state index in [9.17, 15) is 14.4 Å². The molecule has 0 saturated heterocycles. The van der Waals surface area contributed by atoms with Crippen molar-refractivity contribution in [1.29, 1.82) is 0 Å². The fourth-order valence-electron chi connectivity index (χ4n) is 3.98. The fraction of sp³-hybridized carbons (Fsp3) is 0.565. The first-order chi connectivity index (χ1) is 14.5. The van der Waals surface area contributed by atoms with Crippen molar-refractivity contribution in [3.8, 4) is 0 Å². The zero-order valence-corrected chi connectivity index (χ0v) is 17.9. The SMILES string of the molecule is Cc1cccc2c(=O)n(CCCC(=O)O[C@H](C)C(=O)NCC3CCCCC3)cnc12. The summed E-state index contributed by atoms with van der Waals surface area (Å²) >= 11 is 0. The number of carbonyl (C=O) groups excluding carboxylic acids is 2. The van der Waals surface area contributed by atoms with Crippen LogP contribution in [0.3, 0.4) is 0 Å². The molecule has 1 aromatic carbocycles. The fourth-order valence-corrected chi connectivity index (χ4v) is 3.98. The van der Waals surface area contributed by atoms with Gasteiger partial charge in [0.25, 0.3) is 11.5 Å². The van der Waals surface area contributed by atoms with E-state index in [0.717, 1.165) is 18.4 Å². The van der Waals surface area contributed by atoms with E-state index in [1.54, 1.807) is 13.0 Å². The molecule has 0 unspecified atom stereocenters. The zero-order valence-electron chi connectivity index (χ0n) is 17.9. The summed E-state index contributed by atoms with van der Waals surface area (Å²) in [4.78, 5) is 41.2. The summed E-state index contributed by atoms with van der Waals surface area (Å²) in [5, 5.41) is 3.47. The van der Waals surface area contributed by atoms with Crippen LogP contribution in [0.1, 0.15) is 57.4 Å². The molecule has 3 rings (SSSR count). The second kappa shape index (κ2) is 10.4. The Morgan fingerprint density at radius 3 is 2.80 bits per heavy atom. The summed E-state index contributed by atoms with van der Waals surface area (Å²) in [5.74, 6) is -0.157. The number of carbonyl (C=O) groups is 2. The Morgan fingerprint density at radius 1 is 1.27 bits per heavy atom. The van der Waals surface area contributed by atoms with E-state index >= 15 is 0 Å². The lowest BCUT2D eigenvalue weighted by atomic mass is 9.89. The Bertz CT molecular complexity index is 947. The Morgan fingerprint density at radius 2 is 2.03 bits per heavy atom. The van der Waals surface area contributed by atoms with Crippen molar-refractivity contribution in [3.63, 3.8) is 0 Å². The number of aromatic nitrogens is 2. The third-order valence-electron chi connectivity index (χ3n) is 5.80. The first-order valence-corrected chi connectivity index (χ1v) is 10.9. The van der Waals surface area contributed by atoms with Crippen molar-refractivity contribution in [2.75, 3.05) is 6.54 Å². The van der Waals surface area contributed by atoms with E-state index < -0.39 is 12.1 Å². The number of hydrogen-bond donors (Lipinski definition) is 1. The molecule has 7 heteroatoms. The standard InChI is InChI=1S/C23H31N3O4/c1-16-8-6-11-19-21(16)25-15-26(23(19)29)13-7-12-20(27)30-17(2)22(28)24-14-18-9-4-3-5-10-18/h6,8,11,15,17-18H,3-5,7,9-10,12-14H2,1-2H3,(H,24,28)/t17-/m1/s1. The van der Waals surface area contributed by atoms with Gasteiger partial charge in [-0.25, -0.2) is 4.98 Å². The minimum absolute atomic E-state index is 0.118. The lowest BCUT2D eigenvalue weighted by molar-refractivity contribution is -0.155. The van der Waals surface area contributed by atoms with Gasteiger partial charge in [0.15, 0.2) is 6.10 Å². The average Bonchev–Trinajstić information content (AvgIpc) is 2.74. The molecule has 0 aliphatic heterocycles. The van der Waals surface area contributed by atoms with E-state index in [1.165, 1.54) is 30.2 Å². The predicted octanol–water partition coefficient (Wildman–Crippen LogP) is 3.11. The topological polar surface area (TPSA) is 90.3 Å². The van der Waals surface area contributed by atoms with Crippen molar-refractivity contribution < 1.29 is 14.3 Å². The molecular formula is C23H31N3O4. The molecule has 1 atom stereocenters. The number of fused-ring (bicyclic) bond motifs is 1. The molecule has 1 aliphatic rings. The molecule has 1 N–H and O–H groups in total. The molecule has 1 saturated carbocycles. The van der Waals surface area contributed by atoms with Gasteiger partial charge in [-0.15, -0.1) is 0 Å². The molecular weight excluding hydrogens is 382 g/mol. The van der Waals surface area contributed by atoms with Gasteiger partial charge in [0.1, 0.15) is 0 Å². The molecule has 1 fully saturated rings. The van der Waals surface area contributed by atoms with E-state index in [2.05, 4.69) is 10.3 Å². The van der Waals surface area contributed by atoms with Crippen LogP contribution in [0.2, 0.25) is 0 Å². The van der Waals surface area contributed by atoms with Gasteiger partial charge in [-0.2, -0.15) is 0 Å². The van der Waals surface area contributed by atoms with Gasteiger partial charge < -0.3 is 10.1 Å². The smallest absolute Gasteiger partial charge is 0.306 e. The number of rotatable bonds is 8. The summed E-state index contributed by atoms with van der Waals surface area (Å²) in [6.45, 7) is 4.53. The molecule has 7 nitrogen and oxygen atoms in total. The predicted molar refractivity (Wildman–Crippen MR) is 115 cm³/mol. The van der Waals surface area contributed by atoms with Crippen molar-refractivity contribution in [1.82, 2.24) is 14.9 Å². The number of ether oxygens (including phenoxy) is 1. The first-order valence-electron chi connectivity index (χ1n) is 10.9. The molecule has 1 aromatic heterocycles. The van der Waals surface area contributed by atoms with Crippen LogP contribution in [0.5, 0.6) is 0 Å². The zero-order chi connectivity index (χ0) is 21.5. The summed E-state index contributed by atoms with van der Waals surface area (Å²) < 4.78 is 6.76. The maximum atomic E-state index is 12.6. The number of aryl methyl sites for hydroxylation is 2. The molecule has 1 amide bonds. The minimum Gasteiger partial charge on any atom is -0.453 e. The lowest BCUT2D eigenvalue weighted by Gasteiger charge is -2.22. The Hall–Kier alpha value is -2.70. The highest BCUT2D eigenvalue weighted by atomic mass is 16.5. The van der Waals surface area contributed by atoms with Crippen LogP contribution in [-0.4, -0.2) is 34.1 Å². The van der Waals surface area contributed by atoms with Crippen LogP contribution < -0.4 is 10.9 Å². The third-order valence-corrected chi connectivity index (χ3v) is 5.80. The van der Waals surface area contributed by atoms with Crippen molar-refractivity contribution in [2.24, 2.45) is 5.92 Å². The molecule has 162 valence electrons. The number of benzene rings is 1. The Balaban J connectivity index is 1.43. The van der Waals surface area contributed by atoms with Gasteiger partial charge in [0.2, 0.25) is 0 Å². The number of hydrogen-bond acceptors (Lipinski definition) is 5. The highest BCUT2D eigenvalue weighted by Crippen LogP contribution is 2.22. The third kappa shape index (κ3) is 5.68. The molecule has 1 heterocycles. The maximum absolute atomic E-state index is 12.6. The second-order valence-electron chi connectivity index (χ2n) is 8.20. The van der Waals surface area contributed by atoms with E-state index in [0.29, 0.717) is 36.3 Å². The first kappa shape index (κ1) is 22.0. The Labute approximate surface area is 176 Å². The van der Waals surface area contributed by atoms with Crippen LogP contribution in [0.4, 0.5) is 0 Å². The maximum Gasteiger partial charge on any atom is 0.306 e. The molecule has 0 spiro atoms. The number of esters is 1. The van der Waals surface area contributed by atoms with Crippen molar-refractivity contribution >= 4 is 22.8 Å². The van der Waals surface area contributed by atoms with E-state index in [1.807, 2.05) is 19.1 Å². The quantitative estimate of drug-likeness (QED) is 0.672. The van der Waals surface area contributed by atoms with E-state index in [4.69, 9.17) is 4.74 Å². The molecule has 0 bridgehead atoms. The van der Waals surface area contributed by atoms with Crippen LogP contribution in [0.25, 0.3) is 10.9 Å². The van der Waals surface area contributed by atoms with Crippen LogP contribution in [0, 0.1) is 12.8 Å². The second-order valence-corrected chi connectivity index (χ2v) is 8.20. The highest BCUT2D eigenvalue weighted by molar-refractivity contribution is 5.83. The molecule has 2 aromatic rings. The normalized spacial score (nSPS) is 15.7. The number of amides is 1. The average molecular weight is 414 g/mol. The van der Waals surface area contributed by atoms with E-state index in [-0.39, 0.29) is 17.9 Å². The summed E-state index contributed by atoms with van der Waals surface area (Å²) in [6, 6.07) is 5.51. The largest absolute Gasteiger partial charge is 0.453 e. The highest BCUT2D eigenvalue weighted by Gasteiger charge is 2.20. The van der Waals surface area contributed by atoms with Gasteiger partial charge in [-0.1, -0.05) is 31.4 Å². The van der Waals surface area contributed by atoms with Gasteiger partial charge in [-0.05, 0) is 50.7 Å². The summed E-state index contributed by atoms with van der Waals surface area (Å²) in [6.07, 6.45) is 7.31. The van der Waals surface area contributed by atoms with Gasteiger partial charge >= 0.3 is 5.97 Å². The Kier molecular flexibility index (Phi) is 7.60. The number of nitrogens with one attached hydrogen (secondary N) is 1. The van der Waals surface area contributed by atoms with Crippen molar-refractivity contribution in [2.45, 2.75) is 71.4 Å². The van der Waals surface area contributed by atoms with Crippen molar-refractivity contribution in [3.05, 3.63) is 40.4 Å². The number of nitrogens with zero attached hydrogens (tertiary/aromatic N) is 2. The molecule has 30 heavy (non-hydrogen) atoms. The van der Waals surface area contributed by atoms with Gasteiger partial charge in [0.05, 0.1) is 17.2 Å². The van der Waals surface area contributed by atoms with Gasteiger partial charge in [-0.3, -0.25) is 19.0 Å². The summed E-state index contributed by atoms with van der Waals surface area (Å²) in [5.41, 5.74) is 1.54. The monoisotopic (exact) mass is 413 g/mol. The minimum atomic E-state index is -0.811. The summed E-state index contributed by atoms with van der Waals surface area (Å²) in [7, 11) is 0. The van der Waals surface area contributed by atoms with Crippen LogP contribution in [-0.2, 0) is 20.9 Å². The lowest BCUT2D eigenvalue weighted by Crippen LogP contribution is -2.38.